The Kier molecular flexibility index (Phi) is 7.20. The zero-order valence-corrected chi connectivity index (χ0v) is 17.7. The number of carbonyl (C=O) groups is 1. The number of nitrogens with zero attached hydrogens (tertiary/aromatic N) is 2. The highest BCUT2D eigenvalue weighted by Crippen LogP contribution is 2.14. The van der Waals surface area contributed by atoms with E-state index < -0.39 is 0 Å². The Bertz CT molecular complexity index is 773. The van der Waals surface area contributed by atoms with Crippen molar-refractivity contribution in [1.29, 1.82) is 0 Å². The van der Waals surface area contributed by atoms with Gasteiger partial charge in [-0.15, -0.1) is 0 Å². The van der Waals surface area contributed by atoms with Crippen molar-refractivity contribution in [2.24, 2.45) is 0 Å². The molecule has 1 aliphatic heterocycles. The molecule has 0 saturated carbocycles. The van der Waals surface area contributed by atoms with Crippen molar-refractivity contribution in [2.75, 3.05) is 32.7 Å². The lowest BCUT2D eigenvalue weighted by atomic mass is 10.1. The molecule has 1 N–H and O–H groups in total. The van der Waals surface area contributed by atoms with E-state index in [0.717, 1.165) is 44.8 Å². The first-order valence-electron chi connectivity index (χ1n) is 9.31. The highest BCUT2D eigenvalue weighted by atomic mass is 127. The number of hydrogen-bond acceptors (Lipinski definition) is 3. The van der Waals surface area contributed by atoms with Gasteiger partial charge in [-0.3, -0.25) is 9.69 Å². The first-order valence-corrected chi connectivity index (χ1v) is 10.4. The standard InChI is InChI=1S/C21H25FIN3O/c1-2-25-9-11-26(12-10-25)15-17-5-3-16(4-6-17)14-24-21(27)19-8-7-18(22)13-20(19)23/h3-8,13H,2,9-12,14-15H2,1H3,(H,24,27). The van der Waals surface area contributed by atoms with E-state index in [0.29, 0.717) is 15.7 Å². The molecule has 0 aliphatic carbocycles. The Morgan fingerprint density at radius 3 is 2.30 bits per heavy atom. The van der Waals surface area contributed by atoms with Crippen LogP contribution >= 0.6 is 22.6 Å². The van der Waals surface area contributed by atoms with Crippen LogP contribution in [0.4, 0.5) is 4.39 Å². The number of carbonyl (C=O) groups excluding carboxylic acids is 1. The minimum absolute atomic E-state index is 0.183. The predicted molar refractivity (Wildman–Crippen MR) is 114 cm³/mol. The number of benzene rings is 2. The summed E-state index contributed by atoms with van der Waals surface area (Å²) in [6.07, 6.45) is 0. The Balaban J connectivity index is 1.50. The molecule has 2 aromatic rings. The Morgan fingerprint density at radius 2 is 1.67 bits per heavy atom. The highest BCUT2D eigenvalue weighted by molar-refractivity contribution is 14.1. The molecule has 6 heteroatoms. The van der Waals surface area contributed by atoms with Crippen molar-refractivity contribution in [1.82, 2.24) is 15.1 Å². The first kappa shape index (κ1) is 20.2. The summed E-state index contributed by atoms with van der Waals surface area (Å²) in [5.74, 6) is -0.514. The van der Waals surface area contributed by atoms with Crippen LogP contribution in [0.25, 0.3) is 0 Å². The van der Waals surface area contributed by atoms with Crippen LogP contribution in [-0.2, 0) is 13.1 Å². The number of likely N-dealkylation sites (N-methyl/N-ethyl adjacent to an activating group) is 1. The van der Waals surface area contributed by atoms with Gasteiger partial charge < -0.3 is 10.2 Å². The quantitative estimate of drug-likeness (QED) is 0.642. The zero-order chi connectivity index (χ0) is 19.2. The average molecular weight is 481 g/mol. The van der Waals surface area contributed by atoms with E-state index in [1.54, 1.807) is 0 Å². The molecule has 3 rings (SSSR count). The maximum atomic E-state index is 13.2. The SMILES string of the molecule is CCN1CCN(Cc2ccc(CNC(=O)c3ccc(F)cc3I)cc2)CC1. The number of amides is 1. The van der Waals surface area contributed by atoms with Crippen molar-refractivity contribution in [3.8, 4) is 0 Å². The third-order valence-corrected chi connectivity index (χ3v) is 5.86. The minimum atomic E-state index is -0.331. The molecule has 0 aromatic heterocycles. The molecule has 0 spiro atoms. The van der Waals surface area contributed by atoms with E-state index in [1.165, 1.54) is 23.8 Å². The summed E-state index contributed by atoms with van der Waals surface area (Å²) in [6, 6.07) is 12.6. The largest absolute Gasteiger partial charge is 0.348 e. The van der Waals surface area contributed by atoms with Gasteiger partial charge in [0.25, 0.3) is 5.91 Å². The van der Waals surface area contributed by atoms with Gasteiger partial charge in [-0.2, -0.15) is 0 Å². The third-order valence-electron chi connectivity index (χ3n) is 4.97. The fourth-order valence-electron chi connectivity index (χ4n) is 3.24. The Hall–Kier alpha value is -1.51. The lowest BCUT2D eigenvalue weighted by Gasteiger charge is -2.34. The normalized spacial score (nSPS) is 15.7. The minimum Gasteiger partial charge on any atom is -0.348 e. The average Bonchev–Trinajstić information content (AvgIpc) is 2.68. The van der Waals surface area contributed by atoms with Crippen LogP contribution in [0.15, 0.2) is 42.5 Å². The summed E-state index contributed by atoms with van der Waals surface area (Å²) in [4.78, 5) is 17.2. The molecule has 2 aromatic carbocycles. The monoisotopic (exact) mass is 481 g/mol. The summed E-state index contributed by atoms with van der Waals surface area (Å²) in [5, 5.41) is 2.91. The second kappa shape index (κ2) is 9.61. The Morgan fingerprint density at radius 1 is 1.04 bits per heavy atom. The molecule has 0 radical (unpaired) electrons. The van der Waals surface area contributed by atoms with Gasteiger partial charge in [0.15, 0.2) is 0 Å². The van der Waals surface area contributed by atoms with E-state index in [4.69, 9.17) is 0 Å². The number of halogens is 2. The summed E-state index contributed by atoms with van der Waals surface area (Å²) in [5.41, 5.74) is 2.85. The van der Waals surface area contributed by atoms with Gasteiger partial charge in [-0.1, -0.05) is 31.2 Å². The molecule has 1 heterocycles. The summed E-state index contributed by atoms with van der Waals surface area (Å²) < 4.78 is 13.8. The first-order chi connectivity index (χ1) is 13.0. The third kappa shape index (κ3) is 5.73. The second-order valence-electron chi connectivity index (χ2n) is 6.83. The van der Waals surface area contributed by atoms with Crippen LogP contribution in [0.3, 0.4) is 0 Å². The number of hydrogen-bond donors (Lipinski definition) is 1. The van der Waals surface area contributed by atoms with Crippen LogP contribution < -0.4 is 5.32 Å². The zero-order valence-electron chi connectivity index (χ0n) is 15.5. The van der Waals surface area contributed by atoms with E-state index in [1.807, 2.05) is 22.6 Å². The predicted octanol–water partition coefficient (Wildman–Crippen LogP) is 3.50. The molecule has 0 atom stereocenters. The molecule has 0 bridgehead atoms. The molecular weight excluding hydrogens is 456 g/mol. The lowest BCUT2D eigenvalue weighted by molar-refractivity contribution is 0.0950. The van der Waals surface area contributed by atoms with Crippen LogP contribution in [0, 0.1) is 9.39 Å². The van der Waals surface area contributed by atoms with E-state index in [-0.39, 0.29) is 11.7 Å². The van der Waals surface area contributed by atoms with Crippen LogP contribution in [0.1, 0.15) is 28.4 Å². The number of rotatable bonds is 6. The topological polar surface area (TPSA) is 35.6 Å². The van der Waals surface area contributed by atoms with Crippen LogP contribution in [0.2, 0.25) is 0 Å². The molecule has 1 fully saturated rings. The molecule has 0 unspecified atom stereocenters. The Labute approximate surface area is 173 Å². The highest BCUT2D eigenvalue weighted by Gasteiger charge is 2.15. The molecule has 1 amide bonds. The lowest BCUT2D eigenvalue weighted by Crippen LogP contribution is -2.45. The van der Waals surface area contributed by atoms with Crippen molar-refractivity contribution < 1.29 is 9.18 Å². The van der Waals surface area contributed by atoms with E-state index in [9.17, 15) is 9.18 Å². The van der Waals surface area contributed by atoms with E-state index >= 15 is 0 Å². The van der Waals surface area contributed by atoms with Gasteiger partial charge in [0.05, 0.1) is 5.56 Å². The molecule has 144 valence electrons. The van der Waals surface area contributed by atoms with Crippen LogP contribution in [-0.4, -0.2) is 48.4 Å². The number of nitrogens with one attached hydrogen (secondary N) is 1. The van der Waals surface area contributed by atoms with Gasteiger partial charge in [0.2, 0.25) is 0 Å². The van der Waals surface area contributed by atoms with E-state index in [2.05, 4.69) is 46.3 Å². The molecular formula is C21H25FIN3O. The van der Waals surface area contributed by atoms with Crippen molar-refractivity contribution >= 4 is 28.5 Å². The molecule has 4 nitrogen and oxygen atoms in total. The maximum Gasteiger partial charge on any atom is 0.252 e. The van der Waals surface area contributed by atoms with Crippen molar-refractivity contribution in [2.45, 2.75) is 20.0 Å². The van der Waals surface area contributed by atoms with Gasteiger partial charge in [0, 0.05) is 42.8 Å². The summed E-state index contributed by atoms with van der Waals surface area (Å²) >= 11 is 1.98. The van der Waals surface area contributed by atoms with Gasteiger partial charge in [-0.05, 0) is 58.5 Å². The molecule has 1 aliphatic rings. The van der Waals surface area contributed by atoms with Crippen molar-refractivity contribution in [3.63, 3.8) is 0 Å². The summed E-state index contributed by atoms with van der Waals surface area (Å²) in [6.45, 7) is 9.28. The van der Waals surface area contributed by atoms with Crippen molar-refractivity contribution in [3.05, 3.63) is 68.5 Å². The fourth-order valence-corrected chi connectivity index (χ4v) is 3.96. The molecule has 1 saturated heterocycles. The smallest absolute Gasteiger partial charge is 0.252 e. The summed E-state index contributed by atoms with van der Waals surface area (Å²) in [7, 11) is 0. The fraction of sp³-hybridized carbons (Fsp3) is 0.381. The van der Waals surface area contributed by atoms with Crippen LogP contribution in [0.5, 0.6) is 0 Å². The maximum absolute atomic E-state index is 13.2. The second-order valence-corrected chi connectivity index (χ2v) is 8.00. The molecule has 27 heavy (non-hydrogen) atoms. The van der Waals surface area contributed by atoms with Gasteiger partial charge in [0.1, 0.15) is 5.82 Å². The number of piperazine rings is 1. The van der Waals surface area contributed by atoms with Gasteiger partial charge >= 0.3 is 0 Å². The van der Waals surface area contributed by atoms with Gasteiger partial charge in [-0.25, -0.2) is 4.39 Å².